The van der Waals surface area contributed by atoms with Gasteiger partial charge in [0, 0.05) is 31.6 Å². The summed E-state index contributed by atoms with van der Waals surface area (Å²) in [5, 5.41) is 13.6. The third kappa shape index (κ3) is 3.61. The maximum Gasteiger partial charge on any atom is 0.0790 e. The van der Waals surface area contributed by atoms with Gasteiger partial charge in [-0.15, -0.1) is 0 Å². The summed E-state index contributed by atoms with van der Waals surface area (Å²) in [5.74, 6) is 0.838. The molecule has 0 aromatic rings. The molecule has 2 aliphatic rings. The third-order valence-electron chi connectivity index (χ3n) is 5.39. The molecule has 0 radical (unpaired) electrons. The van der Waals surface area contributed by atoms with Crippen LogP contribution in [0.1, 0.15) is 48.0 Å². The molecule has 0 amide bonds. The number of rotatable bonds is 4. The van der Waals surface area contributed by atoms with Gasteiger partial charge in [-0.25, -0.2) is 0 Å². The number of hydrogen-bond donors (Lipinski definition) is 2. The molecule has 2 saturated heterocycles. The standard InChI is InChI=1S/C17H34N2O2/c1-7-18-15-13(16(3,4)21-17(15,5)6)11-19-9-8-14(20)12(2)10-19/h12-15,18,20H,7-11H2,1-6H3. The van der Waals surface area contributed by atoms with Gasteiger partial charge in [-0.1, -0.05) is 13.8 Å². The molecule has 0 aromatic carbocycles. The number of likely N-dealkylation sites (tertiary alicyclic amines) is 1. The maximum absolute atomic E-state index is 9.91. The second-order valence-corrected chi connectivity index (χ2v) is 8.04. The number of nitrogens with zero attached hydrogens (tertiary/aromatic N) is 1. The minimum absolute atomic E-state index is 0.115. The first-order valence-electron chi connectivity index (χ1n) is 8.51. The Hall–Kier alpha value is -0.160. The van der Waals surface area contributed by atoms with Gasteiger partial charge in [0.2, 0.25) is 0 Å². The van der Waals surface area contributed by atoms with E-state index in [-0.39, 0.29) is 17.3 Å². The molecule has 124 valence electrons. The minimum Gasteiger partial charge on any atom is -0.393 e. The lowest BCUT2D eigenvalue weighted by molar-refractivity contribution is -0.0810. The first kappa shape index (κ1) is 17.2. The van der Waals surface area contributed by atoms with Gasteiger partial charge in [-0.05, 0) is 46.6 Å². The molecule has 4 nitrogen and oxygen atoms in total. The zero-order chi connectivity index (χ0) is 15.8. The minimum atomic E-state index is -0.134. The van der Waals surface area contributed by atoms with Gasteiger partial charge in [-0.3, -0.25) is 0 Å². The average molecular weight is 298 g/mol. The van der Waals surface area contributed by atoms with Crippen molar-refractivity contribution in [2.75, 3.05) is 26.2 Å². The third-order valence-corrected chi connectivity index (χ3v) is 5.39. The van der Waals surface area contributed by atoms with E-state index in [1.54, 1.807) is 0 Å². The zero-order valence-corrected chi connectivity index (χ0v) is 14.6. The van der Waals surface area contributed by atoms with Crippen molar-refractivity contribution in [3.63, 3.8) is 0 Å². The van der Waals surface area contributed by atoms with Gasteiger partial charge < -0.3 is 20.1 Å². The maximum atomic E-state index is 9.91. The summed E-state index contributed by atoms with van der Waals surface area (Å²) in [6, 6.07) is 0.375. The number of hydrogen-bond acceptors (Lipinski definition) is 4. The van der Waals surface area contributed by atoms with Crippen LogP contribution < -0.4 is 5.32 Å². The fourth-order valence-electron chi connectivity index (χ4n) is 4.30. The molecule has 2 N–H and O–H groups in total. The van der Waals surface area contributed by atoms with E-state index >= 15 is 0 Å². The van der Waals surface area contributed by atoms with E-state index in [0.29, 0.717) is 17.9 Å². The highest BCUT2D eigenvalue weighted by atomic mass is 16.5. The predicted molar refractivity (Wildman–Crippen MR) is 86.4 cm³/mol. The van der Waals surface area contributed by atoms with Gasteiger partial charge >= 0.3 is 0 Å². The molecule has 4 heteroatoms. The lowest BCUT2D eigenvalue weighted by Gasteiger charge is -2.39. The van der Waals surface area contributed by atoms with Crippen molar-refractivity contribution in [1.29, 1.82) is 0 Å². The normalized spacial score (nSPS) is 39.6. The van der Waals surface area contributed by atoms with Crippen molar-refractivity contribution in [1.82, 2.24) is 10.2 Å². The molecule has 0 aliphatic carbocycles. The highest BCUT2D eigenvalue weighted by Crippen LogP contribution is 2.42. The molecule has 0 aromatic heterocycles. The summed E-state index contributed by atoms with van der Waals surface area (Å²) >= 11 is 0. The Labute approximate surface area is 130 Å². The Kier molecular flexibility index (Phi) is 5.04. The van der Waals surface area contributed by atoms with Crippen LogP contribution in [0.4, 0.5) is 0 Å². The smallest absolute Gasteiger partial charge is 0.0790 e. The Bertz CT molecular complexity index is 357. The van der Waals surface area contributed by atoms with Crippen molar-refractivity contribution in [3.05, 3.63) is 0 Å². The Morgan fingerprint density at radius 3 is 2.48 bits per heavy atom. The summed E-state index contributed by atoms with van der Waals surface area (Å²) in [5.41, 5.74) is -0.249. The molecule has 21 heavy (non-hydrogen) atoms. The molecule has 0 saturated carbocycles. The molecule has 4 unspecified atom stereocenters. The summed E-state index contributed by atoms with van der Waals surface area (Å²) < 4.78 is 6.36. The lowest BCUT2D eigenvalue weighted by Crippen LogP contribution is -2.53. The van der Waals surface area contributed by atoms with Crippen LogP contribution in [-0.4, -0.2) is 59.5 Å². The largest absolute Gasteiger partial charge is 0.393 e. The monoisotopic (exact) mass is 298 g/mol. The number of aliphatic hydroxyl groups is 1. The quantitative estimate of drug-likeness (QED) is 0.832. The SMILES string of the molecule is CCNC1C(CN2CCC(O)C(C)C2)C(C)(C)OC1(C)C. The summed E-state index contributed by atoms with van der Waals surface area (Å²) in [4.78, 5) is 2.51. The van der Waals surface area contributed by atoms with Crippen LogP contribution in [0.2, 0.25) is 0 Å². The summed E-state index contributed by atoms with van der Waals surface area (Å²) in [6.07, 6.45) is 0.764. The number of ether oxygens (including phenoxy) is 1. The van der Waals surface area contributed by atoms with E-state index in [0.717, 1.165) is 32.6 Å². The first-order valence-corrected chi connectivity index (χ1v) is 8.51. The molecule has 2 aliphatic heterocycles. The molecule has 2 rings (SSSR count). The molecule has 0 spiro atoms. The topological polar surface area (TPSA) is 44.7 Å². The van der Waals surface area contributed by atoms with Gasteiger partial charge in [-0.2, -0.15) is 0 Å². The predicted octanol–water partition coefficient (Wildman–Crippen LogP) is 1.87. The Balaban J connectivity index is 2.08. The van der Waals surface area contributed by atoms with E-state index < -0.39 is 0 Å². The second-order valence-electron chi connectivity index (χ2n) is 8.04. The van der Waals surface area contributed by atoms with E-state index in [2.05, 4.69) is 51.8 Å². The average Bonchev–Trinajstić information content (AvgIpc) is 2.52. The van der Waals surface area contributed by atoms with Crippen LogP contribution in [0.5, 0.6) is 0 Å². The van der Waals surface area contributed by atoms with Crippen LogP contribution in [0.15, 0.2) is 0 Å². The number of nitrogens with one attached hydrogen (secondary N) is 1. The highest BCUT2D eigenvalue weighted by Gasteiger charge is 2.53. The second kappa shape index (κ2) is 6.15. The molecular formula is C17H34N2O2. The lowest BCUT2D eigenvalue weighted by atomic mass is 9.81. The number of aliphatic hydroxyl groups excluding tert-OH is 1. The van der Waals surface area contributed by atoms with E-state index in [9.17, 15) is 5.11 Å². The molecular weight excluding hydrogens is 264 g/mol. The molecule has 0 bridgehead atoms. The highest BCUT2D eigenvalue weighted by molar-refractivity contribution is 5.06. The van der Waals surface area contributed by atoms with Gasteiger partial charge in [0.1, 0.15) is 0 Å². The molecule has 2 heterocycles. The van der Waals surface area contributed by atoms with Crippen LogP contribution in [0.3, 0.4) is 0 Å². The van der Waals surface area contributed by atoms with Crippen molar-refractivity contribution >= 4 is 0 Å². The Morgan fingerprint density at radius 1 is 1.24 bits per heavy atom. The number of likely N-dealkylation sites (N-methyl/N-ethyl adjacent to an activating group) is 1. The fraction of sp³-hybridized carbons (Fsp3) is 1.00. The molecule has 2 fully saturated rings. The first-order chi connectivity index (χ1) is 9.67. The summed E-state index contributed by atoms with van der Waals surface area (Å²) in [7, 11) is 0. The van der Waals surface area contributed by atoms with Crippen molar-refractivity contribution in [3.8, 4) is 0 Å². The van der Waals surface area contributed by atoms with E-state index in [1.807, 2.05) is 0 Å². The van der Waals surface area contributed by atoms with Crippen molar-refractivity contribution in [2.24, 2.45) is 11.8 Å². The molecule has 4 atom stereocenters. The van der Waals surface area contributed by atoms with Crippen molar-refractivity contribution < 1.29 is 9.84 Å². The van der Waals surface area contributed by atoms with E-state index in [4.69, 9.17) is 4.74 Å². The van der Waals surface area contributed by atoms with Crippen molar-refractivity contribution in [2.45, 2.75) is 71.3 Å². The van der Waals surface area contributed by atoms with Crippen LogP contribution in [0, 0.1) is 11.8 Å². The van der Waals surface area contributed by atoms with Gasteiger partial charge in [0.25, 0.3) is 0 Å². The van der Waals surface area contributed by atoms with Crippen LogP contribution in [0.25, 0.3) is 0 Å². The Morgan fingerprint density at radius 2 is 1.90 bits per heavy atom. The fourth-order valence-corrected chi connectivity index (χ4v) is 4.30. The van der Waals surface area contributed by atoms with Crippen LogP contribution >= 0.6 is 0 Å². The van der Waals surface area contributed by atoms with Gasteiger partial charge in [0.15, 0.2) is 0 Å². The zero-order valence-electron chi connectivity index (χ0n) is 14.6. The number of piperidine rings is 1. The van der Waals surface area contributed by atoms with Gasteiger partial charge in [0.05, 0.1) is 17.3 Å². The van der Waals surface area contributed by atoms with Crippen LogP contribution in [-0.2, 0) is 4.74 Å². The summed E-state index contributed by atoms with van der Waals surface area (Å²) in [6.45, 7) is 17.2. The van der Waals surface area contributed by atoms with E-state index in [1.165, 1.54) is 0 Å².